The number of aromatic amines is 1. The van der Waals surface area contributed by atoms with Crippen molar-refractivity contribution in [1.29, 1.82) is 0 Å². The fourth-order valence-corrected chi connectivity index (χ4v) is 5.43. The van der Waals surface area contributed by atoms with Crippen LogP contribution in [0.15, 0.2) is 24.3 Å². The number of amides is 2. The van der Waals surface area contributed by atoms with E-state index >= 15 is 0 Å². The van der Waals surface area contributed by atoms with Crippen molar-refractivity contribution in [2.24, 2.45) is 0 Å². The van der Waals surface area contributed by atoms with Gasteiger partial charge in [-0.1, -0.05) is 31.0 Å². The van der Waals surface area contributed by atoms with Gasteiger partial charge in [0.15, 0.2) is 0 Å². The van der Waals surface area contributed by atoms with Gasteiger partial charge in [-0.25, -0.2) is 0 Å². The molecular weight excluding hydrogens is 326 g/mol. The molecule has 1 saturated carbocycles. The molecule has 3 aliphatic rings. The molecular formula is C21H25N3O2. The lowest BCUT2D eigenvalue weighted by Crippen LogP contribution is -2.68. The third-order valence-corrected chi connectivity index (χ3v) is 6.64. The number of piperazine rings is 1. The van der Waals surface area contributed by atoms with Crippen molar-refractivity contribution in [3.63, 3.8) is 0 Å². The largest absolute Gasteiger partial charge is 0.356 e. The molecule has 136 valence electrons. The first-order chi connectivity index (χ1) is 12.5. The number of carbonyl (C=O) groups excluding carboxylic acids is 2. The zero-order valence-electron chi connectivity index (χ0n) is 15.4. The quantitative estimate of drug-likeness (QED) is 0.859. The maximum absolute atomic E-state index is 13.4. The lowest BCUT2D eigenvalue weighted by molar-refractivity contribution is -0.166. The monoisotopic (exact) mass is 351 g/mol. The van der Waals surface area contributed by atoms with Crippen molar-refractivity contribution in [3.8, 4) is 0 Å². The number of aromatic nitrogens is 1. The summed E-state index contributed by atoms with van der Waals surface area (Å²) in [5.74, 6) is 0.219. The molecule has 2 amide bonds. The Morgan fingerprint density at radius 3 is 2.62 bits per heavy atom. The number of benzene rings is 1. The minimum atomic E-state index is -0.508. The van der Waals surface area contributed by atoms with Gasteiger partial charge < -0.3 is 14.8 Å². The predicted octanol–water partition coefficient (Wildman–Crippen LogP) is 2.94. The lowest BCUT2D eigenvalue weighted by atomic mass is 9.82. The normalized spacial score (nSPS) is 25.7. The smallest absolute Gasteiger partial charge is 0.246 e. The third-order valence-electron chi connectivity index (χ3n) is 6.64. The van der Waals surface area contributed by atoms with Crippen molar-refractivity contribution in [2.75, 3.05) is 6.54 Å². The second kappa shape index (κ2) is 5.35. The maximum atomic E-state index is 13.4. The maximum Gasteiger partial charge on any atom is 0.246 e. The van der Waals surface area contributed by atoms with Crippen LogP contribution in [0.4, 0.5) is 0 Å². The Morgan fingerprint density at radius 1 is 1.12 bits per heavy atom. The van der Waals surface area contributed by atoms with E-state index in [2.05, 4.69) is 31.0 Å². The highest BCUT2D eigenvalue weighted by Gasteiger charge is 2.52. The molecule has 26 heavy (non-hydrogen) atoms. The SMILES string of the molecule is CC1(C)c2[nH]c3ccccc3c2C[C@H]2C(=O)N(C3CCCC3)CC(=O)N21. The molecule has 0 spiro atoms. The minimum Gasteiger partial charge on any atom is -0.356 e. The first-order valence-electron chi connectivity index (χ1n) is 9.71. The first-order valence-corrected chi connectivity index (χ1v) is 9.71. The van der Waals surface area contributed by atoms with Crippen LogP contribution >= 0.6 is 0 Å². The molecule has 0 unspecified atom stereocenters. The molecule has 0 radical (unpaired) electrons. The second-order valence-corrected chi connectivity index (χ2v) is 8.47. The van der Waals surface area contributed by atoms with E-state index in [1.807, 2.05) is 21.9 Å². The molecule has 1 aliphatic carbocycles. The van der Waals surface area contributed by atoms with Crippen molar-refractivity contribution < 1.29 is 9.59 Å². The molecule has 1 aromatic heterocycles. The highest BCUT2D eigenvalue weighted by molar-refractivity contribution is 5.97. The van der Waals surface area contributed by atoms with E-state index in [0.29, 0.717) is 6.42 Å². The first kappa shape index (κ1) is 15.9. The Labute approximate surface area is 153 Å². The van der Waals surface area contributed by atoms with Gasteiger partial charge in [0.05, 0.1) is 5.54 Å². The molecule has 5 nitrogen and oxygen atoms in total. The summed E-state index contributed by atoms with van der Waals surface area (Å²) in [6.45, 7) is 4.35. The van der Waals surface area contributed by atoms with Gasteiger partial charge in [0, 0.05) is 29.1 Å². The zero-order chi connectivity index (χ0) is 18.1. The minimum absolute atomic E-state index is 0.0795. The van der Waals surface area contributed by atoms with Crippen LogP contribution in [0.2, 0.25) is 0 Å². The Kier molecular flexibility index (Phi) is 3.27. The summed E-state index contributed by atoms with van der Waals surface area (Å²) in [5, 5.41) is 1.17. The summed E-state index contributed by atoms with van der Waals surface area (Å²) < 4.78 is 0. The Hall–Kier alpha value is -2.30. The number of hydrogen-bond acceptors (Lipinski definition) is 2. The molecule has 1 N–H and O–H groups in total. The molecule has 2 aromatic rings. The molecule has 2 aliphatic heterocycles. The molecule has 5 rings (SSSR count). The van der Waals surface area contributed by atoms with Crippen LogP contribution in [0.1, 0.15) is 50.8 Å². The third kappa shape index (κ3) is 2.03. The molecule has 2 fully saturated rings. The Balaban J connectivity index is 1.61. The number of rotatable bonds is 1. The standard InChI is InChI=1S/C21H25N3O2/c1-21(2)19-15(14-9-5-6-10-16(14)22-19)11-17-20(26)23(12-18(25)24(17)21)13-7-3-4-8-13/h5-6,9-10,13,17,22H,3-4,7-8,11-12H2,1-2H3/t17-/m0/s1. The van der Waals surface area contributed by atoms with Gasteiger partial charge in [-0.15, -0.1) is 0 Å². The van der Waals surface area contributed by atoms with Gasteiger partial charge in [-0.3, -0.25) is 9.59 Å². The van der Waals surface area contributed by atoms with Gasteiger partial charge in [-0.2, -0.15) is 0 Å². The van der Waals surface area contributed by atoms with E-state index in [-0.39, 0.29) is 30.4 Å². The van der Waals surface area contributed by atoms with Crippen molar-refractivity contribution in [3.05, 3.63) is 35.5 Å². The van der Waals surface area contributed by atoms with Crippen LogP contribution in [0.25, 0.3) is 10.9 Å². The summed E-state index contributed by atoms with van der Waals surface area (Å²) >= 11 is 0. The zero-order valence-corrected chi connectivity index (χ0v) is 15.4. The lowest BCUT2D eigenvalue weighted by Gasteiger charge is -2.52. The average molecular weight is 351 g/mol. The molecule has 1 saturated heterocycles. The Morgan fingerprint density at radius 2 is 1.85 bits per heavy atom. The van der Waals surface area contributed by atoms with Crippen LogP contribution in [0.5, 0.6) is 0 Å². The Bertz CT molecular complexity index is 907. The second-order valence-electron chi connectivity index (χ2n) is 8.47. The van der Waals surface area contributed by atoms with E-state index in [4.69, 9.17) is 0 Å². The van der Waals surface area contributed by atoms with Gasteiger partial charge in [0.25, 0.3) is 0 Å². The topological polar surface area (TPSA) is 56.4 Å². The fourth-order valence-electron chi connectivity index (χ4n) is 5.43. The van der Waals surface area contributed by atoms with Gasteiger partial charge in [0.1, 0.15) is 12.6 Å². The number of nitrogens with one attached hydrogen (secondary N) is 1. The summed E-state index contributed by atoms with van der Waals surface area (Å²) in [6, 6.07) is 8.11. The average Bonchev–Trinajstić information content (AvgIpc) is 3.26. The highest BCUT2D eigenvalue weighted by atomic mass is 16.2. The van der Waals surface area contributed by atoms with Crippen LogP contribution < -0.4 is 0 Å². The molecule has 1 atom stereocenters. The van der Waals surface area contributed by atoms with Gasteiger partial charge in [0.2, 0.25) is 11.8 Å². The number of nitrogens with zero attached hydrogens (tertiary/aromatic N) is 2. The molecule has 5 heteroatoms. The van der Waals surface area contributed by atoms with E-state index in [1.54, 1.807) is 0 Å². The van der Waals surface area contributed by atoms with Crippen LogP contribution in [-0.4, -0.2) is 45.2 Å². The molecule has 3 heterocycles. The van der Waals surface area contributed by atoms with Crippen LogP contribution in [0, 0.1) is 0 Å². The number of H-pyrrole nitrogens is 1. The van der Waals surface area contributed by atoms with E-state index < -0.39 is 5.54 Å². The summed E-state index contributed by atoms with van der Waals surface area (Å²) in [5.41, 5.74) is 2.84. The predicted molar refractivity (Wildman–Crippen MR) is 99.6 cm³/mol. The van der Waals surface area contributed by atoms with Gasteiger partial charge >= 0.3 is 0 Å². The van der Waals surface area contributed by atoms with Crippen molar-refractivity contribution in [2.45, 2.75) is 63.6 Å². The van der Waals surface area contributed by atoms with Gasteiger partial charge in [-0.05, 0) is 38.3 Å². The summed E-state index contributed by atoms with van der Waals surface area (Å²) in [6.07, 6.45) is 5.00. The van der Waals surface area contributed by atoms with Crippen LogP contribution in [-0.2, 0) is 21.5 Å². The van der Waals surface area contributed by atoms with E-state index in [0.717, 1.165) is 36.9 Å². The summed E-state index contributed by atoms with van der Waals surface area (Å²) in [7, 11) is 0. The van der Waals surface area contributed by atoms with E-state index in [1.165, 1.54) is 10.9 Å². The van der Waals surface area contributed by atoms with Crippen LogP contribution in [0.3, 0.4) is 0 Å². The number of carbonyl (C=O) groups is 2. The molecule has 0 bridgehead atoms. The van der Waals surface area contributed by atoms with Crippen molar-refractivity contribution >= 4 is 22.7 Å². The van der Waals surface area contributed by atoms with E-state index in [9.17, 15) is 9.59 Å². The number of fused-ring (bicyclic) bond motifs is 4. The highest BCUT2D eigenvalue weighted by Crippen LogP contribution is 2.43. The fraction of sp³-hybridized carbons (Fsp3) is 0.524. The summed E-state index contributed by atoms with van der Waals surface area (Å²) in [4.78, 5) is 33.7. The number of hydrogen-bond donors (Lipinski definition) is 1. The van der Waals surface area contributed by atoms with Crippen molar-refractivity contribution in [1.82, 2.24) is 14.8 Å². The number of para-hydroxylation sites is 1. The molecule has 1 aromatic carbocycles.